The minimum absolute atomic E-state index is 0.139. The normalized spacial score (nSPS) is 10.8. The minimum atomic E-state index is 0.139. The molecule has 0 N–H and O–H groups in total. The van der Waals surface area contributed by atoms with Crippen LogP contribution in [0.3, 0.4) is 0 Å². The second-order valence-corrected chi connectivity index (χ2v) is 6.27. The number of benzene rings is 1. The minimum Gasteiger partial charge on any atom is -0.444 e. The SMILES string of the molecule is CCCCN(CCCC)C(=O)Cc1coc(-c2ccc(C)cc2)n1. The van der Waals surface area contributed by atoms with E-state index in [1.54, 1.807) is 6.26 Å². The van der Waals surface area contributed by atoms with Crippen LogP contribution in [0.25, 0.3) is 11.5 Å². The Hall–Kier alpha value is -2.10. The maximum absolute atomic E-state index is 12.6. The van der Waals surface area contributed by atoms with Gasteiger partial charge in [-0.05, 0) is 31.9 Å². The van der Waals surface area contributed by atoms with Crippen molar-refractivity contribution in [2.45, 2.75) is 52.9 Å². The summed E-state index contributed by atoms with van der Waals surface area (Å²) in [5.74, 6) is 0.715. The highest BCUT2D eigenvalue weighted by atomic mass is 16.3. The molecule has 1 heterocycles. The largest absolute Gasteiger partial charge is 0.444 e. The molecule has 4 nitrogen and oxygen atoms in total. The van der Waals surface area contributed by atoms with Gasteiger partial charge in [0.2, 0.25) is 11.8 Å². The third-order valence-electron chi connectivity index (χ3n) is 4.10. The van der Waals surface area contributed by atoms with E-state index in [1.807, 2.05) is 36.1 Å². The zero-order valence-corrected chi connectivity index (χ0v) is 15.0. The molecule has 0 spiro atoms. The van der Waals surface area contributed by atoms with Gasteiger partial charge in [0.25, 0.3) is 0 Å². The van der Waals surface area contributed by atoms with Crippen molar-refractivity contribution in [1.82, 2.24) is 9.88 Å². The fourth-order valence-corrected chi connectivity index (χ4v) is 2.54. The van der Waals surface area contributed by atoms with E-state index in [2.05, 4.69) is 18.8 Å². The molecule has 24 heavy (non-hydrogen) atoms. The summed E-state index contributed by atoms with van der Waals surface area (Å²) in [5, 5.41) is 0. The molecule has 0 saturated carbocycles. The van der Waals surface area contributed by atoms with Crippen molar-refractivity contribution in [3.63, 3.8) is 0 Å². The van der Waals surface area contributed by atoms with Crippen LogP contribution in [0, 0.1) is 6.92 Å². The number of oxazole rings is 1. The van der Waals surface area contributed by atoms with E-state index in [4.69, 9.17) is 4.42 Å². The molecule has 2 aromatic rings. The molecule has 0 fully saturated rings. The molecule has 0 aliphatic heterocycles. The number of nitrogens with zero attached hydrogens (tertiary/aromatic N) is 2. The molecular weight excluding hydrogens is 300 g/mol. The molecule has 0 unspecified atom stereocenters. The highest BCUT2D eigenvalue weighted by molar-refractivity contribution is 5.78. The van der Waals surface area contributed by atoms with Crippen LogP contribution in [0.1, 0.15) is 50.8 Å². The fraction of sp³-hybridized carbons (Fsp3) is 0.500. The Morgan fingerprint density at radius 2 is 1.71 bits per heavy atom. The predicted octanol–water partition coefficient (Wildman–Crippen LogP) is 4.62. The number of aromatic nitrogens is 1. The van der Waals surface area contributed by atoms with Gasteiger partial charge in [0, 0.05) is 18.7 Å². The van der Waals surface area contributed by atoms with Crippen LogP contribution in [0.5, 0.6) is 0 Å². The molecule has 0 radical (unpaired) electrons. The van der Waals surface area contributed by atoms with Crippen molar-refractivity contribution in [3.05, 3.63) is 41.8 Å². The molecular formula is C20H28N2O2. The summed E-state index contributed by atoms with van der Waals surface area (Å²) in [6.07, 6.45) is 6.19. The summed E-state index contributed by atoms with van der Waals surface area (Å²) in [7, 11) is 0. The van der Waals surface area contributed by atoms with Crippen molar-refractivity contribution in [2.24, 2.45) is 0 Å². The Morgan fingerprint density at radius 3 is 2.29 bits per heavy atom. The number of rotatable bonds is 9. The van der Waals surface area contributed by atoms with Gasteiger partial charge in [-0.1, -0.05) is 44.4 Å². The predicted molar refractivity (Wildman–Crippen MR) is 96.8 cm³/mol. The third-order valence-corrected chi connectivity index (χ3v) is 4.10. The van der Waals surface area contributed by atoms with Crippen molar-refractivity contribution < 1.29 is 9.21 Å². The van der Waals surface area contributed by atoms with Gasteiger partial charge in [0.15, 0.2) is 0 Å². The number of carbonyl (C=O) groups is 1. The first-order valence-corrected chi connectivity index (χ1v) is 8.93. The number of carbonyl (C=O) groups excluding carboxylic acids is 1. The van der Waals surface area contributed by atoms with Crippen LogP contribution >= 0.6 is 0 Å². The van der Waals surface area contributed by atoms with E-state index in [0.717, 1.165) is 44.3 Å². The summed E-state index contributed by atoms with van der Waals surface area (Å²) in [6, 6.07) is 8.03. The Kier molecular flexibility index (Phi) is 7.04. The van der Waals surface area contributed by atoms with Crippen molar-refractivity contribution in [1.29, 1.82) is 0 Å². The summed E-state index contributed by atoms with van der Waals surface area (Å²) in [5.41, 5.74) is 2.84. The Bertz CT molecular complexity index is 623. The molecule has 2 rings (SSSR count). The van der Waals surface area contributed by atoms with Gasteiger partial charge in [-0.2, -0.15) is 0 Å². The molecule has 0 saturated heterocycles. The van der Waals surface area contributed by atoms with Gasteiger partial charge in [0.05, 0.1) is 12.1 Å². The molecule has 1 aromatic carbocycles. The molecule has 1 amide bonds. The second-order valence-electron chi connectivity index (χ2n) is 6.27. The van der Waals surface area contributed by atoms with Crippen LogP contribution < -0.4 is 0 Å². The van der Waals surface area contributed by atoms with Gasteiger partial charge in [-0.15, -0.1) is 0 Å². The summed E-state index contributed by atoms with van der Waals surface area (Å²) < 4.78 is 5.55. The lowest BCUT2D eigenvalue weighted by atomic mass is 10.1. The van der Waals surface area contributed by atoms with Gasteiger partial charge < -0.3 is 9.32 Å². The smallest absolute Gasteiger partial charge is 0.228 e. The second kappa shape index (κ2) is 9.26. The average molecular weight is 328 g/mol. The summed E-state index contributed by atoms with van der Waals surface area (Å²) in [4.78, 5) is 19.0. The highest BCUT2D eigenvalue weighted by Crippen LogP contribution is 2.19. The molecule has 0 atom stereocenters. The van der Waals surface area contributed by atoms with Crippen molar-refractivity contribution in [2.75, 3.05) is 13.1 Å². The monoisotopic (exact) mass is 328 g/mol. The van der Waals surface area contributed by atoms with Gasteiger partial charge in [-0.25, -0.2) is 4.98 Å². The molecule has 0 aliphatic carbocycles. The maximum atomic E-state index is 12.6. The molecule has 0 bridgehead atoms. The number of hydrogen-bond acceptors (Lipinski definition) is 3. The Labute approximate surface area is 144 Å². The zero-order chi connectivity index (χ0) is 17.4. The van der Waals surface area contributed by atoms with Crippen LogP contribution in [0.15, 0.2) is 34.9 Å². The molecule has 1 aromatic heterocycles. The van der Waals surface area contributed by atoms with E-state index < -0.39 is 0 Å². The third kappa shape index (κ3) is 5.22. The van der Waals surface area contributed by atoms with E-state index >= 15 is 0 Å². The van der Waals surface area contributed by atoms with Gasteiger partial charge in [0.1, 0.15) is 6.26 Å². The van der Waals surface area contributed by atoms with Crippen molar-refractivity contribution >= 4 is 5.91 Å². The number of hydrogen-bond donors (Lipinski definition) is 0. The average Bonchev–Trinajstić information content (AvgIpc) is 3.04. The molecule has 0 aliphatic rings. The van der Waals surface area contributed by atoms with Gasteiger partial charge in [-0.3, -0.25) is 4.79 Å². The van der Waals surface area contributed by atoms with E-state index in [9.17, 15) is 4.79 Å². The number of unbranched alkanes of at least 4 members (excludes halogenated alkanes) is 2. The van der Waals surface area contributed by atoms with E-state index in [1.165, 1.54) is 5.56 Å². The summed E-state index contributed by atoms with van der Waals surface area (Å²) >= 11 is 0. The van der Waals surface area contributed by atoms with Crippen LogP contribution in [-0.2, 0) is 11.2 Å². The van der Waals surface area contributed by atoms with Crippen LogP contribution in [0.2, 0.25) is 0 Å². The fourth-order valence-electron chi connectivity index (χ4n) is 2.54. The quantitative estimate of drug-likeness (QED) is 0.674. The number of amides is 1. The maximum Gasteiger partial charge on any atom is 0.228 e. The van der Waals surface area contributed by atoms with Crippen LogP contribution in [-0.4, -0.2) is 28.9 Å². The standard InChI is InChI=1S/C20H28N2O2/c1-4-6-12-22(13-7-5-2)19(23)14-18-15-24-20(21-18)17-10-8-16(3)9-11-17/h8-11,15H,4-7,12-14H2,1-3H3. The lowest BCUT2D eigenvalue weighted by Crippen LogP contribution is -2.34. The lowest BCUT2D eigenvalue weighted by molar-refractivity contribution is -0.130. The first-order valence-electron chi connectivity index (χ1n) is 8.93. The zero-order valence-electron chi connectivity index (χ0n) is 15.0. The summed E-state index contributed by atoms with van der Waals surface area (Å²) in [6.45, 7) is 8.00. The Balaban J connectivity index is 2.01. The Morgan fingerprint density at radius 1 is 1.08 bits per heavy atom. The van der Waals surface area contributed by atoms with E-state index in [-0.39, 0.29) is 5.91 Å². The first-order chi connectivity index (χ1) is 11.6. The van der Waals surface area contributed by atoms with Crippen molar-refractivity contribution in [3.8, 4) is 11.5 Å². The highest BCUT2D eigenvalue weighted by Gasteiger charge is 2.16. The lowest BCUT2D eigenvalue weighted by Gasteiger charge is -2.22. The van der Waals surface area contributed by atoms with Crippen LogP contribution in [0.4, 0.5) is 0 Å². The van der Waals surface area contributed by atoms with E-state index in [0.29, 0.717) is 18.0 Å². The molecule has 130 valence electrons. The molecule has 4 heteroatoms. The van der Waals surface area contributed by atoms with Gasteiger partial charge >= 0.3 is 0 Å². The topological polar surface area (TPSA) is 46.3 Å². The first kappa shape index (κ1) is 18.2. The number of aryl methyl sites for hydroxylation is 1.